The summed E-state index contributed by atoms with van der Waals surface area (Å²) in [4.78, 5) is 0. The number of benzene rings is 5. The summed E-state index contributed by atoms with van der Waals surface area (Å²) in [6.45, 7) is 6.51. The van der Waals surface area contributed by atoms with Crippen molar-refractivity contribution >= 4 is 24.2 Å². The van der Waals surface area contributed by atoms with E-state index in [9.17, 15) is 0 Å². The molecule has 39 heavy (non-hydrogen) atoms. The number of hydrogen-bond donors (Lipinski definition) is 0. The van der Waals surface area contributed by atoms with Gasteiger partial charge in [-0.1, -0.05) is 115 Å². The summed E-state index contributed by atoms with van der Waals surface area (Å²) in [5.74, 6) is 0.971. The lowest BCUT2D eigenvalue weighted by molar-refractivity contribution is 0.517. The van der Waals surface area contributed by atoms with Gasteiger partial charge < -0.3 is 4.43 Å². The Bertz CT molecular complexity index is 1410. The van der Waals surface area contributed by atoms with Crippen LogP contribution >= 0.6 is 15.9 Å². The molecule has 0 N–H and O–H groups in total. The van der Waals surface area contributed by atoms with Gasteiger partial charge in [0.15, 0.2) is 0 Å². The molecule has 1 nitrogen and oxygen atoms in total. The molecule has 0 saturated heterocycles. The van der Waals surface area contributed by atoms with Crippen LogP contribution in [0.5, 0.6) is 5.75 Å². The predicted octanol–water partition coefficient (Wildman–Crippen LogP) is 9.71. The van der Waals surface area contributed by atoms with Crippen molar-refractivity contribution in [2.45, 2.75) is 38.9 Å². The monoisotopic (exact) mass is 590 g/mol. The second-order valence-electron chi connectivity index (χ2n) is 10.7. The van der Waals surface area contributed by atoms with Crippen LogP contribution in [-0.4, -0.2) is 8.32 Å². The first-order valence-corrected chi connectivity index (χ1v) is 16.9. The van der Waals surface area contributed by atoms with Crippen LogP contribution in [0.1, 0.15) is 33.4 Å². The Balaban J connectivity index is 1.61. The molecule has 3 heteroatoms. The molecule has 0 aromatic heterocycles. The van der Waals surface area contributed by atoms with Crippen molar-refractivity contribution < 1.29 is 4.43 Å². The zero-order chi connectivity index (χ0) is 27.2. The van der Waals surface area contributed by atoms with Crippen LogP contribution in [0.15, 0.2) is 126 Å². The van der Waals surface area contributed by atoms with Gasteiger partial charge in [-0.05, 0) is 87.8 Å². The quantitative estimate of drug-likeness (QED) is 0.155. The zero-order valence-electron chi connectivity index (χ0n) is 23.0. The minimum atomic E-state index is -2.47. The average Bonchev–Trinajstić information content (AvgIpc) is 2.94. The fourth-order valence-electron chi connectivity index (χ4n) is 5.48. The van der Waals surface area contributed by atoms with Crippen molar-refractivity contribution in [1.29, 1.82) is 0 Å². The van der Waals surface area contributed by atoms with Crippen molar-refractivity contribution in [3.63, 3.8) is 0 Å². The first-order chi connectivity index (χ1) is 18.9. The predicted molar refractivity (Wildman–Crippen MR) is 171 cm³/mol. The molecule has 0 heterocycles. The molecule has 0 amide bonds. The number of halogens is 1. The summed E-state index contributed by atoms with van der Waals surface area (Å²) in [7, 11) is -2.47. The van der Waals surface area contributed by atoms with E-state index in [1.807, 2.05) is 0 Å². The van der Waals surface area contributed by atoms with Crippen molar-refractivity contribution in [2.24, 2.45) is 0 Å². The molecule has 0 bridgehead atoms. The summed E-state index contributed by atoms with van der Waals surface area (Å²) in [6.07, 6.45) is 0. The molecule has 0 fully saturated rings. The third-order valence-electron chi connectivity index (χ3n) is 7.36. The van der Waals surface area contributed by atoms with Gasteiger partial charge in [0, 0.05) is 18.1 Å². The molecule has 0 saturated carbocycles. The highest BCUT2D eigenvalue weighted by molar-refractivity contribution is 9.10. The zero-order valence-corrected chi connectivity index (χ0v) is 25.5. The van der Waals surface area contributed by atoms with Gasteiger partial charge in [0.05, 0.1) is 4.47 Å². The van der Waals surface area contributed by atoms with E-state index in [2.05, 4.69) is 158 Å². The van der Waals surface area contributed by atoms with E-state index in [1.54, 1.807) is 0 Å². The topological polar surface area (TPSA) is 9.23 Å². The highest BCUT2D eigenvalue weighted by Gasteiger charge is 2.39. The third-order valence-corrected chi connectivity index (χ3v) is 11.7. The third kappa shape index (κ3) is 6.79. The molecule has 0 radical (unpaired) electrons. The molecule has 0 atom stereocenters. The van der Waals surface area contributed by atoms with Gasteiger partial charge in [0.2, 0.25) is 0 Å². The average molecular weight is 592 g/mol. The van der Waals surface area contributed by atoms with Crippen LogP contribution in [0.3, 0.4) is 0 Å². The van der Waals surface area contributed by atoms with E-state index in [1.165, 1.54) is 38.9 Å². The lowest BCUT2D eigenvalue weighted by Gasteiger charge is -2.34. The molecule has 0 aliphatic heterocycles. The minimum absolute atomic E-state index is 0.933. The Morgan fingerprint density at radius 2 is 1.05 bits per heavy atom. The molecule has 5 aromatic rings. The van der Waals surface area contributed by atoms with Gasteiger partial charge in [-0.3, -0.25) is 0 Å². The lowest BCUT2D eigenvalue weighted by atomic mass is 9.97. The molecule has 196 valence electrons. The molecular weight excluding hydrogens is 556 g/mol. The Hall–Kier alpha value is -3.40. The van der Waals surface area contributed by atoms with Gasteiger partial charge in [0.1, 0.15) is 5.75 Å². The second-order valence-corrected chi connectivity index (χ2v) is 15.2. The number of rotatable bonds is 9. The van der Waals surface area contributed by atoms with Gasteiger partial charge in [-0.2, -0.15) is 0 Å². The summed E-state index contributed by atoms with van der Waals surface area (Å²) < 4.78 is 8.43. The van der Waals surface area contributed by atoms with Crippen LogP contribution in [0, 0.1) is 20.8 Å². The van der Waals surface area contributed by atoms with E-state index in [0.717, 1.165) is 33.9 Å². The van der Waals surface area contributed by atoms with E-state index < -0.39 is 8.32 Å². The standard InChI is InChI=1S/C36H35BrOSi/c1-27-19-20-28(2)34(21-27)33-22-29(3)36(35(37)23-33)38-39(24-30-13-7-4-8-14-30,25-31-15-9-5-10-16-31)26-32-17-11-6-12-18-32/h4-23H,24-26H2,1-3H3. The Morgan fingerprint density at radius 3 is 1.51 bits per heavy atom. The molecular formula is C36H35BrOSi. The molecule has 5 aromatic carbocycles. The SMILES string of the molecule is Cc1ccc(C)c(-c2cc(C)c(O[Si](Cc3ccccc3)(Cc3ccccc3)Cc3ccccc3)c(Br)c2)c1. The maximum atomic E-state index is 7.41. The van der Waals surface area contributed by atoms with Gasteiger partial charge >= 0.3 is 0 Å². The van der Waals surface area contributed by atoms with Crippen LogP contribution in [0.4, 0.5) is 0 Å². The maximum absolute atomic E-state index is 7.41. The highest BCUT2D eigenvalue weighted by Crippen LogP contribution is 2.38. The van der Waals surface area contributed by atoms with E-state index in [0.29, 0.717) is 0 Å². The summed E-state index contributed by atoms with van der Waals surface area (Å²) in [6, 6.07) is 46.5. The van der Waals surface area contributed by atoms with Gasteiger partial charge in [-0.15, -0.1) is 0 Å². The smallest absolute Gasteiger partial charge is 0.264 e. The molecule has 0 aliphatic rings. The number of hydrogen-bond acceptors (Lipinski definition) is 1. The largest absolute Gasteiger partial charge is 0.542 e. The van der Waals surface area contributed by atoms with Crippen LogP contribution in [0.25, 0.3) is 11.1 Å². The summed E-state index contributed by atoms with van der Waals surface area (Å²) >= 11 is 3.94. The number of aryl methyl sites for hydroxylation is 3. The van der Waals surface area contributed by atoms with E-state index in [-0.39, 0.29) is 0 Å². The normalized spacial score (nSPS) is 11.4. The van der Waals surface area contributed by atoms with E-state index in [4.69, 9.17) is 4.43 Å². The molecule has 0 spiro atoms. The van der Waals surface area contributed by atoms with Crippen LogP contribution in [0.2, 0.25) is 0 Å². The lowest BCUT2D eigenvalue weighted by Crippen LogP contribution is -2.50. The molecule has 0 unspecified atom stereocenters. The van der Waals surface area contributed by atoms with E-state index >= 15 is 0 Å². The van der Waals surface area contributed by atoms with Crippen LogP contribution in [-0.2, 0) is 18.1 Å². The Kier molecular flexibility index (Phi) is 8.49. The highest BCUT2D eigenvalue weighted by atomic mass is 79.9. The minimum Gasteiger partial charge on any atom is -0.542 e. The Morgan fingerprint density at radius 1 is 0.564 bits per heavy atom. The summed E-state index contributed by atoms with van der Waals surface area (Å²) in [5.41, 5.74) is 10.2. The Labute approximate surface area is 242 Å². The maximum Gasteiger partial charge on any atom is 0.264 e. The van der Waals surface area contributed by atoms with Crippen molar-refractivity contribution in [2.75, 3.05) is 0 Å². The molecule has 0 aliphatic carbocycles. The summed E-state index contributed by atoms with van der Waals surface area (Å²) in [5, 5.41) is 0. The first kappa shape index (κ1) is 27.2. The second kappa shape index (κ2) is 12.2. The van der Waals surface area contributed by atoms with Crippen LogP contribution < -0.4 is 4.43 Å². The van der Waals surface area contributed by atoms with Crippen molar-refractivity contribution in [3.8, 4) is 16.9 Å². The molecule has 5 rings (SSSR count). The van der Waals surface area contributed by atoms with Crippen molar-refractivity contribution in [3.05, 3.63) is 159 Å². The fraction of sp³-hybridized carbons (Fsp3) is 0.167. The fourth-order valence-corrected chi connectivity index (χ4v) is 10.5. The first-order valence-electron chi connectivity index (χ1n) is 13.6. The van der Waals surface area contributed by atoms with Gasteiger partial charge in [0.25, 0.3) is 8.32 Å². The van der Waals surface area contributed by atoms with Gasteiger partial charge in [-0.25, -0.2) is 0 Å². The van der Waals surface area contributed by atoms with Crippen molar-refractivity contribution in [1.82, 2.24) is 0 Å².